The van der Waals surface area contributed by atoms with Crippen molar-refractivity contribution in [3.63, 3.8) is 0 Å². The number of imide groups is 1. The monoisotopic (exact) mass is 324 g/mol. The lowest BCUT2D eigenvalue weighted by Crippen LogP contribution is -3.15. The fourth-order valence-corrected chi connectivity index (χ4v) is 3.78. The predicted molar refractivity (Wildman–Crippen MR) is 81.4 cm³/mol. The van der Waals surface area contributed by atoms with Gasteiger partial charge in [0, 0.05) is 0 Å². The highest BCUT2D eigenvalue weighted by molar-refractivity contribution is 6.07. The van der Waals surface area contributed by atoms with Crippen LogP contribution in [0.2, 0.25) is 0 Å². The maximum Gasteiger partial charge on any atom is 0.329 e. The van der Waals surface area contributed by atoms with E-state index in [0.717, 1.165) is 37.1 Å². The van der Waals surface area contributed by atoms with Gasteiger partial charge in [0.15, 0.2) is 6.67 Å². The first-order chi connectivity index (χ1) is 11.0. The van der Waals surface area contributed by atoms with E-state index >= 15 is 0 Å². The molecular formula is C16H26N3O4+. The van der Waals surface area contributed by atoms with Crippen molar-refractivity contribution in [3.8, 4) is 0 Å². The summed E-state index contributed by atoms with van der Waals surface area (Å²) >= 11 is 0. The van der Waals surface area contributed by atoms with Gasteiger partial charge in [-0.05, 0) is 45.4 Å². The first-order valence-corrected chi connectivity index (χ1v) is 8.60. The third kappa shape index (κ3) is 3.06. The highest BCUT2D eigenvalue weighted by Gasteiger charge is 2.56. The quantitative estimate of drug-likeness (QED) is 0.529. The lowest BCUT2D eigenvalue weighted by molar-refractivity contribution is -0.914. The van der Waals surface area contributed by atoms with Crippen molar-refractivity contribution in [1.29, 1.82) is 0 Å². The molecule has 3 fully saturated rings. The van der Waals surface area contributed by atoms with Gasteiger partial charge in [0.25, 0.3) is 5.91 Å². The minimum Gasteiger partial charge on any atom is -0.466 e. The van der Waals surface area contributed by atoms with Crippen molar-refractivity contribution in [3.05, 3.63) is 0 Å². The minimum atomic E-state index is -0.729. The van der Waals surface area contributed by atoms with Crippen molar-refractivity contribution in [2.75, 3.05) is 26.4 Å². The van der Waals surface area contributed by atoms with Crippen LogP contribution in [0.3, 0.4) is 0 Å². The van der Waals surface area contributed by atoms with Crippen LogP contribution in [0.25, 0.3) is 0 Å². The van der Waals surface area contributed by atoms with Gasteiger partial charge in [-0.15, -0.1) is 0 Å². The molecule has 0 aromatic rings. The molecule has 1 unspecified atom stereocenters. The molecule has 128 valence electrons. The standard InChI is InChI=1S/C16H25N3O4/c1-3-23-13(20)11-5-4-8-18(9-11)10-19-14(21)16(2,12-6-7-12)17-15(19)22/h11-12H,3-10H2,1-2H3,(H,17,22)/p+1/t11-,16-/m1/s1. The summed E-state index contributed by atoms with van der Waals surface area (Å²) in [6, 6.07) is -0.296. The third-order valence-electron chi connectivity index (χ3n) is 5.31. The molecule has 1 saturated carbocycles. The Balaban J connectivity index is 1.61. The Morgan fingerprint density at radius 3 is 2.78 bits per heavy atom. The maximum atomic E-state index is 12.6. The van der Waals surface area contributed by atoms with Gasteiger partial charge in [-0.25, -0.2) is 9.69 Å². The lowest BCUT2D eigenvalue weighted by Gasteiger charge is -2.30. The van der Waals surface area contributed by atoms with E-state index in [-0.39, 0.29) is 29.7 Å². The molecule has 3 amide bonds. The van der Waals surface area contributed by atoms with E-state index in [2.05, 4.69) is 5.32 Å². The van der Waals surface area contributed by atoms with E-state index in [4.69, 9.17) is 4.74 Å². The molecule has 2 saturated heterocycles. The normalized spacial score (nSPS) is 34.4. The molecule has 0 radical (unpaired) electrons. The Hall–Kier alpha value is -1.63. The molecule has 2 heterocycles. The van der Waals surface area contributed by atoms with Gasteiger partial charge in [-0.2, -0.15) is 0 Å². The number of ether oxygens (including phenoxy) is 1. The Kier molecular flexibility index (Phi) is 4.31. The Bertz CT molecular complexity index is 519. The number of quaternary nitrogens is 1. The fraction of sp³-hybridized carbons (Fsp3) is 0.812. The molecule has 3 rings (SSSR count). The van der Waals surface area contributed by atoms with Crippen molar-refractivity contribution in [2.45, 2.75) is 45.1 Å². The Labute approximate surface area is 136 Å². The third-order valence-corrected chi connectivity index (χ3v) is 5.31. The smallest absolute Gasteiger partial charge is 0.329 e. The lowest BCUT2D eigenvalue weighted by atomic mass is 9.96. The number of urea groups is 1. The second-order valence-electron chi connectivity index (χ2n) is 7.09. The van der Waals surface area contributed by atoms with Crippen LogP contribution < -0.4 is 10.2 Å². The van der Waals surface area contributed by atoms with E-state index in [1.807, 2.05) is 6.92 Å². The number of amides is 3. The molecule has 0 bridgehead atoms. The number of carbonyl (C=O) groups excluding carboxylic acids is 3. The van der Waals surface area contributed by atoms with E-state index in [0.29, 0.717) is 19.8 Å². The van der Waals surface area contributed by atoms with E-state index in [1.54, 1.807) is 6.92 Å². The van der Waals surface area contributed by atoms with Crippen LogP contribution in [0.5, 0.6) is 0 Å². The van der Waals surface area contributed by atoms with Gasteiger partial charge < -0.3 is 15.0 Å². The molecule has 23 heavy (non-hydrogen) atoms. The first-order valence-electron chi connectivity index (χ1n) is 8.60. The number of nitrogens with zero attached hydrogens (tertiary/aromatic N) is 1. The van der Waals surface area contributed by atoms with Crippen LogP contribution in [-0.4, -0.2) is 54.7 Å². The molecule has 1 aliphatic carbocycles. The van der Waals surface area contributed by atoms with Gasteiger partial charge in [-0.3, -0.25) is 9.59 Å². The summed E-state index contributed by atoms with van der Waals surface area (Å²) in [5.41, 5.74) is -0.729. The summed E-state index contributed by atoms with van der Waals surface area (Å²) in [5.74, 6) is -0.137. The Morgan fingerprint density at radius 2 is 2.13 bits per heavy atom. The number of piperidine rings is 1. The van der Waals surface area contributed by atoms with Crippen LogP contribution >= 0.6 is 0 Å². The topological polar surface area (TPSA) is 80.2 Å². The zero-order valence-corrected chi connectivity index (χ0v) is 13.9. The average Bonchev–Trinajstić information content (AvgIpc) is 3.34. The molecule has 2 aliphatic heterocycles. The van der Waals surface area contributed by atoms with Gasteiger partial charge >= 0.3 is 12.0 Å². The molecule has 0 aromatic heterocycles. The number of hydrogen-bond donors (Lipinski definition) is 2. The van der Waals surface area contributed by atoms with Crippen LogP contribution in [0.15, 0.2) is 0 Å². The molecule has 7 nitrogen and oxygen atoms in total. The number of carbonyl (C=O) groups is 3. The SMILES string of the molecule is CCOC(=O)[C@@H]1CCC[NH+](CN2C(=O)N[C@](C)(C3CC3)C2=O)C1. The number of hydrogen-bond acceptors (Lipinski definition) is 4. The minimum absolute atomic E-state index is 0.115. The number of rotatable bonds is 5. The van der Waals surface area contributed by atoms with Crippen LogP contribution in [0.1, 0.15) is 39.5 Å². The van der Waals surface area contributed by atoms with Crippen molar-refractivity contribution >= 4 is 17.9 Å². The zero-order valence-electron chi connectivity index (χ0n) is 13.9. The van der Waals surface area contributed by atoms with Crippen LogP contribution in [0.4, 0.5) is 4.79 Å². The molecule has 0 aromatic carbocycles. The summed E-state index contributed by atoms with van der Waals surface area (Å²) in [6.07, 6.45) is 3.72. The fourth-order valence-electron chi connectivity index (χ4n) is 3.78. The van der Waals surface area contributed by atoms with E-state index in [1.165, 1.54) is 4.90 Å². The highest BCUT2D eigenvalue weighted by Crippen LogP contribution is 2.42. The van der Waals surface area contributed by atoms with E-state index in [9.17, 15) is 14.4 Å². The van der Waals surface area contributed by atoms with Gasteiger partial charge in [-0.1, -0.05) is 0 Å². The van der Waals surface area contributed by atoms with Crippen molar-refractivity contribution in [2.24, 2.45) is 11.8 Å². The van der Waals surface area contributed by atoms with Gasteiger partial charge in [0.05, 0.1) is 19.7 Å². The average molecular weight is 324 g/mol. The molecule has 3 atom stereocenters. The molecular weight excluding hydrogens is 298 g/mol. The molecule has 0 spiro atoms. The summed E-state index contributed by atoms with van der Waals surface area (Å²) in [5, 5.41) is 2.87. The molecule has 3 aliphatic rings. The molecule has 7 heteroatoms. The second-order valence-corrected chi connectivity index (χ2v) is 7.09. The Morgan fingerprint density at radius 1 is 1.39 bits per heavy atom. The number of esters is 1. The maximum absolute atomic E-state index is 12.6. The van der Waals surface area contributed by atoms with Gasteiger partial charge in [0.1, 0.15) is 11.5 Å². The largest absolute Gasteiger partial charge is 0.466 e. The summed E-state index contributed by atoms with van der Waals surface area (Å²) in [4.78, 5) is 39.2. The number of likely N-dealkylation sites (tertiary alicyclic amines) is 1. The predicted octanol–water partition coefficient (Wildman–Crippen LogP) is -0.478. The summed E-state index contributed by atoms with van der Waals surface area (Å²) < 4.78 is 5.10. The summed E-state index contributed by atoms with van der Waals surface area (Å²) in [7, 11) is 0. The highest BCUT2D eigenvalue weighted by atomic mass is 16.5. The first kappa shape index (κ1) is 16.2. The molecule has 2 N–H and O–H groups in total. The van der Waals surface area contributed by atoms with Crippen LogP contribution in [0, 0.1) is 11.8 Å². The zero-order chi connectivity index (χ0) is 16.6. The van der Waals surface area contributed by atoms with Crippen LogP contribution in [-0.2, 0) is 14.3 Å². The summed E-state index contributed by atoms with van der Waals surface area (Å²) in [6.45, 7) is 5.85. The van der Waals surface area contributed by atoms with Crippen molar-refractivity contribution < 1.29 is 24.0 Å². The van der Waals surface area contributed by atoms with Crippen molar-refractivity contribution in [1.82, 2.24) is 10.2 Å². The van der Waals surface area contributed by atoms with E-state index < -0.39 is 5.54 Å². The second kappa shape index (κ2) is 6.11. The van der Waals surface area contributed by atoms with Gasteiger partial charge in [0.2, 0.25) is 0 Å². The number of nitrogens with one attached hydrogen (secondary N) is 2.